The largest absolute Gasteiger partial charge is 0.399 e. The average molecular weight is 313 g/mol. The highest BCUT2D eigenvalue weighted by Gasteiger charge is 2.07. The van der Waals surface area contributed by atoms with Crippen molar-refractivity contribution in [2.24, 2.45) is 0 Å². The van der Waals surface area contributed by atoms with E-state index in [0.29, 0.717) is 16.6 Å². The summed E-state index contributed by atoms with van der Waals surface area (Å²) in [5, 5.41) is 0.593. The number of aromatic nitrogens is 2. The minimum absolute atomic E-state index is 0.0949. The zero-order valence-corrected chi connectivity index (χ0v) is 12.9. The summed E-state index contributed by atoms with van der Waals surface area (Å²) < 4.78 is 1.54. The van der Waals surface area contributed by atoms with Gasteiger partial charge in [0.05, 0.1) is 16.6 Å². The molecule has 0 bridgehead atoms. The third-order valence-corrected chi connectivity index (χ3v) is 4.04. The fourth-order valence-corrected chi connectivity index (χ4v) is 2.75. The van der Waals surface area contributed by atoms with Crippen LogP contribution in [0.2, 0.25) is 0 Å². The minimum atomic E-state index is -0.0949. The maximum Gasteiger partial charge on any atom is 0.265 e. The summed E-state index contributed by atoms with van der Waals surface area (Å²) in [6, 6.07) is 22.9. The van der Waals surface area contributed by atoms with E-state index in [4.69, 9.17) is 5.73 Å². The van der Waals surface area contributed by atoms with E-state index < -0.39 is 0 Å². The van der Waals surface area contributed by atoms with Crippen molar-refractivity contribution in [2.75, 3.05) is 5.73 Å². The zero-order valence-electron chi connectivity index (χ0n) is 12.9. The highest BCUT2D eigenvalue weighted by Crippen LogP contribution is 2.22. The van der Waals surface area contributed by atoms with Crippen LogP contribution in [0.1, 0.15) is 0 Å². The first kappa shape index (κ1) is 14.2. The Bertz CT molecular complexity index is 1070. The molecule has 0 atom stereocenters. The van der Waals surface area contributed by atoms with Crippen LogP contribution in [-0.2, 0) is 0 Å². The molecule has 4 rings (SSSR count). The maximum atomic E-state index is 12.9. The standard InChI is InChI=1S/C20H15N3O/c21-16-7-9-17(10-8-16)23-13-22-19-11-6-15(12-18(19)20(23)24)14-4-2-1-3-5-14/h1-13H,21H2. The summed E-state index contributed by atoms with van der Waals surface area (Å²) in [7, 11) is 0. The van der Waals surface area contributed by atoms with Gasteiger partial charge in [0, 0.05) is 5.69 Å². The zero-order chi connectivity index (χ0) is 16.5. The predicted molar refractivity (Wildman–Crippen MR) is 97.2 cm³/mol. The third-order valence-electron chi connectivity index (χ3n) is 4.04. The normalized spacial score (nSPS) is 10.8. The molecule has 24 heavy (non-hydrogen) atoms. The Morgan fingerprint density at radius 1 is 0.833 bits per heavy atom. The van der Waals surface area contributed by atoms with E-state index in [-0.39, 0.29) is 5.56 Å². The first-order valence-corrected chi connectivity index (χ1v) is 7.65. The second-order valence-electron chi connectivity index (χ2n) is 5.61. The number of nitrogens with two attached hydrogens (primary N) is 1. The lowest BCUT2D eigenvalue weighted by atomic mass is 10.0. The number of nitrogen functional groups attached to an aromatic ring is 1. The van der Waals surface area contributed by atoms with E-state index in [1.165, 1.54) is 4.57 Å². The molecule has 116 valence electrons. The molecular weight excluding hydrogens is 298 g/mol. The number of hydrogen-bond donors (Lipinski definition) is 1. The van der Waals surface area contributed by atoms with Gasteiger partial charge >= 0.3 is 0 Å². The topological polar surface area (TPSA) is 60.9 Å². The molecule has 0 saturated carbocycles. The van der Waals surface area contributed by atoms with E-state index in [9.17, 15) is 4.79 Å². The van der Waals surface area contributed by atoms with E-state index in [1.54, 1.807) is 18.5 Å². The first-order valence-electron chi connectivity index (χ1n) is 7.65. The van der Waals surface area contributed by atoms with Crippen LogP contribution in [-0.4, -0.2) is 9.55 Å². The molecule has 2 N–H and O–H groups in total. The number of fused-ring (bicyclic) bond motifs is 1. The summed E-state index contributed by atoms with van der Waals surface area (Å²) in [6.07, 6.45) is 1.55. The Morgan fingerprint density at radius 2 is 1.58 bits per heavy atom. The van der Waals surface area contributed by atoms with Crippen LogP contribution in [0.25, 0.3) is 27.7 Å². The third kappa shape index (κ3) is 2.44. The Kier molecular flexibility index (Phi) is 3.35. The lowest BCUT2D eigenvalue weighted by Crippen LogP contribution is -2.18. The lowest BCUT2D eigenvalue weighted by molar-refractivity contribution is 0.963. The van der Waals surface area contributed by atoms with Gasteiger partial charge in [0.25, 0.3) is 5.56 Å². The Balaban J connectivity index is 1.91. The molecule has 0 amide bonds. The van der Waals surface area contributed by atoms with E-state index in [2.05, 4.69) is 4.98 Å². The van der Waals surface area contributed by atoms with Gasteiger partial charge in [-0.1, -0.05) is 36.4 Å². The molecule has 0 unspecified atom stereocenters. The highest BCUT2D eigenvalue weighted by atomic mass is 16.1. The van der Waals surface area contributed by atoms with Gasteiger partial charge in [0.1, 0.15) is 6.33 Å². The van der Waals surface area contributed by atoms with Crippen LogP contribution in [0.4, 0.5) is 5.69 Å². The molecule has 0 aliphatic carbocycles. The maximum absolute atomic E-state index is 12.9. The van der Waals surface area contributed by atoms with Crippen LogP contribution >= 0.6 is 0 Å². The molecule has 4 heteroatoms. The molecule has 0 fully saturated rings. The fourth-order valence-electron chi connectivity index (χ4n) is 2.75. The molecule has 1 aromatic heterocycles. The molecular formula is C20H15N3O. The van der Waals surface area contributed by atoms with Crippen LogP contribution in [0, 0.1) is 0 Å². The van der Waals surface area contributed by atoms with Crippen LogP contribution in [0.5, 0.6) is 0 Å². The van der Waals surface area contributed by atoms with Crippen LogP contribution in [0.3, 0.4) is 0 Å². The summed E-state index contributed by atoms with van der Waals surface area (Å²) >= 11 is 0. The van der Waals surface area contributed by atoms with Crippen molar-refractivity contribution in [1.82, 2.24) is 9.55 Å². The van der Waals surface area contributed by atoms with E-state index in [0.717, 1.165) is 16.8 Å². The van der Waals surface area contributed by atoms with Crippen molar-refractivity contribution >= 4 is 16.6 Å². The molecule has 0 radical (unpaired) electrons. The number of benzene rings is 3. The summed E-state index contributed by atoms with van der Waals surface area (Å²) in [5.74, 6) is 0. The highest BCUT2D eigenvalue weighted by molar-refractivity contribution is 5.83. The van der Waals surface area contributed by atoms with Gasteiger partial charge in [-0.15, -0.1) is 0 Å². The number of rotatable bonds is 2. The summed E-state index contributed by atoms with van der Waals surface area (Å²) in [6.45, 7) is 0. The van der Waals surface area contributed by atoms with Crippen molar-refractivity contribution in [3.05, 3.63) is 89.5 Å². The van der Waals surface area contributed by atoms with Crippen LogP contribution < -0.4 is 11.3 Å². The Labute approximate surface area is 138 Å². The Morgan fingerprint density at radius 3 is 2.33 bits per heavy atom. The number of anilines is 1. The quantitative estimate of drug-likeness (QED) is 0.575. The smallest absolute Gasteiger partial charge is 0.265 e. The predicted octanol–water partition coefficient (Wildman–Crippen LogP) is 3.63. The van der Waals surface area contributed by atoms with Gasteiger partial charge in [-0.2, -0.15) is 0 Å². The second kappa shape index (κ2) is 5.66. The van der Waals surface area contributed by atoms with Gasteiger partial charge in [-0.25, -0.2) is 4.98 Å². The van der Waals surface area contributed by atoms with Gasteiger partial charge in [0.15, 0.2) is 0 Å². The van der Waals surface area contributed by atoms with E-state index in [1.807, 2.05) is 60.7 Å². The van der Waals surface area contributed by atoms with Gasteiger partial charge in [-0.3, -0.25) is 9.36 Å². The molecule has 0 aliphatic heterocycles. The van der Waals surface area contributed by atoms with Gasteiger partial charge in [-0.05, 0) is 47.5 Å². The van der Waals surface area contributed by atoms with Crippen molar-refractivity contribution in [1.29, 1.82) is 0 Å². The number of nitrogens with zero attached hydrogens (tertiary/aromatic N) is 2. The summed E-state index contributed by atoms with van der Waals surface area (Å²) in [4.78, 5) is 17.3. The fraction of sp³-hybridized carbons (Fsp3) is 0. The molecule has 4 nitrogen and oxygen atoms in total. The monoisotopic (exact) mass is 313 g/mol. The molecule has 1 heterocycles. The average Bonchev–Trinajstić information content (AvgIpc) is 2.64. The van der Waals surface area contributed by atoms with Crippen molar-refractivity contribution in [3.63, 3.8) is 0 Å². The Hall–Kier alpha value is -3.40. The summed E-state index contributed by atoms with van der Waals surface area (Å²) in [5.41, 5.74) is 9.78. The van der Waals surface area contributed by atoms with Crippen molar-refractivity contribution in [2.45, 2.75) is 0 Å². The van der Waals surface area contributed by atoms with Crippen molar-refractivity contribution in [3.8, 4) is 16.8 Å². The molecule has 0 spiro atoms. The SMILES string of the molecule is Nc1ccc(-n2cnc3ccc(-c4ccccc4)cc3c2=O)cc1. The molecule has 3 aromatic carbocycles. The lowest BCUT2D eigenvalue weighted by Gasteiger charge is -2.08. The molecule has 0 saturated heterocycles. The molecule has 4 aromatic rings. The van der Waals surface area contributed by atoms with Gasteiger partial charge < -0.3 is 5.73 Å². The number of hydrogen-bond acceptors (Lipinski definition) is 3. The second-order valence-corrected chi connectivity index (χ2v) is 5.61. The van der Waals surface area contributed by atoms with Gasteiger partial charge in [0.2, 0.25) is 0 Å². The minimum Gasteiger partial charge on any atom is -0.399 e. The molecule has 0 aliphatic rings. The van der Waals surface area contributed by atoms with E-state index >= 15 is 0 Å². The van der Waals surface area contributed by atoms with Crippen LogP contribution in [0.15, 0.2) is 83.9 Å². The first-order chi connectivity index (χ1) is 11.7. The van der Waals surface area contributed by atoms with Crippen molar-refractivity contribution < 1.29 is 0 Å².